The molecule has 13 nitrogen and oxygen atoms in total. The summed E-state index contributed by atoms with van der Waals surface area (Å²) in [7, 11) is -2.47. The van der Waals surface area contributed by atoms with Crippen molar-refractivity contribution in [2.24, 2.45) is 0 Å². The number of rotatable bonds is 14. The van der Waals surface area contributed by atoms with Crippen LogP contribution in [-0.2, 0) is 39.7 Å². The normalized spacial score (nSPS) is 18.7. The lowest BCUT2D eigenvalue weighted by Crippen LogP contribution is -2.55. The fourth-order valence-electron chi connectivity index (χ4n) is 7.72. The van der Waals surface area contributed by atoms with E-state index in [9.17, 15) is 24.0 Å². The van der Waals surface area contributed by atoms with Crippen LogP contribution in [0.15, 0.2) is 72.8 Å². The summed E-state index contributed by atoms with van der Waals surface area (Å²) in [6.45, 7) is 11.9. The maximum atomic E-state index is 14.5. The summed E-state index contributed by atoms with van der Waals surface area (Å²) in [5.74, 6) is -2.83. The molecule has 55 heavy (non-hydrogen) atoms. The second-order valence-electron chi connectivity index (χ2n) is 14.8. The Labute approximate surface area is 327 Å². The Balaban J connectivity index is 1.44. The highest BCUT2D eigenvalue weighted by atomic mass is 35.5. The van der Waals surface area contributed by atoms with Crippen LogP contribution >= 0.6 is 11.6 Å². The van der Waals surface area contributed by atoms with Crippen LogP contribution in [0.5, 0.6) is 0 Å². The lowest BCUT2D eigenvalue weighted by atomic mass is 10.1. The summed E-state index contributed by atoms with van der Waals surface area (Å²) in [5.41, 5.74) is 8.43. The minimum atomic E-state index is -2.47. The number of anilines is 3. The molecular formula is C40H50ClN5O8Si. The molecule has 2 heterocycles. The number of nitrogens with one attached hydrogen (secondary N) is 2. The van der Waals surface area contributed by atoms with Gasteiger partial charge in [-0.1, -0.05) is 95.6 Å². The number of cyclic esters (lactones) is 1. The molecule has 5 rings (SSSR count). The molecule has 4 amide bonds. The molecule has 3 aromatic rings. The third-order valence-corrected chi connectivity index (χ3v) is 16.7. The quantitative estimate of drug-likeness (QED) is 0.107. The van der Waals surface area contributed by atoms with Gasteiger partial charge in [-0.25, -0.2) is 0 Å². The smallest absolute Gasteiger partial charge is 0.310 e. The number of nitrogens with zero attached hydrogens (tertiary/aromatic N) is 2. The van der Waals surface area contributed by atoms with Crippen LogP contribution in [0.1, 0.15) is 63.9 Å². The third-order valence-electron chi connectivity index (χ3n) is 10.3. The van der Waals surface area contributed by atoms with Gasteiger partial charge in [0.25, 0.3) is 17.7 Å². The van der Waals surface area contributed by atoms with Crippen LogP contribution in [0.25, 0.3) is 0 Å². The van der Waals surface area contributed by atoms with E-state index in [-0.39, 0.29) is 64.8 Å². The Hall–Kier alpha value is -4.76. The number of benzene rings is 3. The Morgan fingerprint density at radius 3 is 2.18 bits per heavy atom. The van der Waals surface area contributed by atoms with Gasteiger partial charge in [0.05, 0.1) is 41.7 Å². The lowest BCUT2D eigenvalue weighted by molar-refractivity contribution is -0.168. The second-order valence-corrected chi connectivity index (χ2v) is 20.7. The van der Waals surface area contributed by atoms with Crippen LogP contribution in [0.2, 0.25) is 21.6 Å². The minimum absolute atomic E-state index is 0.130. The van der Waals surface area contributed by atoms with Crippen LogP contribution in [0, 0.1) is 0 Å². The predicted octanol–water partition coefficient (Wildman–Crippen LogP) is 5.57. The van der Waals surface area contributed by atoms with E-state index >= 15 is 0 Å². The van der Waals surface area contributed by atoms with Crippen LogP contribution in [0.4, 0.5) is 17.1 Å². The Morgan fingerprint density at radius 2 is 1.55 bits per heavy atom. The number of halogens is 1. The van der Waals surface area contributed by atoms with E-state index in [1.54, 1.807) is 24.3 Å². The van der Waals surface area contributed by atoms with E-state index in [1.165, 1.54) is 28.0 Å². The first kappa shape index (κ1) is 41.4. The molecular weight excluding hydrogens is 742 g/mol. The molecule has 2 aliphatic heterocycles. The maximum Gasteiger partial charge on any atom is 0.310 e. The highest BCUT2D eigenvalue weighted by Crippen LogP contribution is 2.42. The summed E-state index contributed by atoms with van der Waals surface area (Å²) in [6.07, 6.45) is -1.18. The van der Waals surface area contributed by atoms with Gasteiger partial charge in [0, 0.05) is 5.56 Å². The topological polar surface area (TPSA) is 170 Å². The molecule has 4 N–H and O–H groups in total. The zero-order chi connectivity index (χ0) is 40.0. The standard InChI is InChI=1S/C40H50ClN5O8Si/c1-24(2)55(25(3)4,26(5)6)53-23-36(48)45-20-32(44-38(50)28-16-17-30(42)29(41)18-28)39(51)46(34-15-11-10-14-33(34)45)21-35(47)43-31-19-37(49)54-40(31)52-22-27-12-8-7-9-13-27/h7-18,24-26,31-32,40H,19-23,42H2,1-6H3,(H,43,47)(H,44,50)/t31-,32-,40?/m0/s1. The van der Waals surface area contributed by atoms with E-state index in [4.69, 9.17) is 31.2 Å². The van der Waals surface area contributed by atoms with E-state index in [0.717, 1.165) is 5.56 Å². The largest absolute Gasteiger partial charge is 0.433 e. The van der Waals surface area contributed by atoms with Gasteiger partial charge in [0.1, 0.15) is 25.2 Å². The molecule has 0 radical (unpaired) electrons. The monoisotopic (exact) mass is 791 g/mol. The van der Waals surface area contributed by atoms with Crippen molar-refractivity contribution in [3.05, 3.63) is 88.9 Å². The van der Waals surface area contributed by atoms with E-state index in [1.807, 2.05) is 30.3 Å². The van der Waals surface area contributed by atoms with Crippen molar-refractivity contribution < 1.29 is 37.9 Å². The van der Waals surface area contributed by atoms with Gasteiger partial charge in [-0.3, -0.25) is 28.9 Å². The number of nitrogens with two attached hydrogens (primary N) is 1. The number of nitrogen functional groups attached to an aromatic ring is 1. The molecule has 0 saturated carbocycles. The van der Waals surface area contributed by atoms with Gasteiger partial charge < -0.3 is 35.2 Å². The molecule has 1 unspecified atom stereocenters. The Kier molecular flexibility index (Phi) is 13.4. The zero-order valence-corrected chi connectivity index (χ0v) is 33.8. The van der Waals surface area contributed by atoms with Crippen LogP contribution in [-0.4, -0.2) is 76.0 Å². The summed E-state index contributed by atoms with van der Waals surface area (Å²) in [5, 5.41) is 5.72. The molecule has 2 aliphatic rings. The van der Waals surface area contributed by atoms with Gasteiger partial charge in [0.2, 0.25) is 20.5 Å². The van der Waals surface area contributed by atoms with E-state index in [2.05, 4.69) is 52.2 Å². The highest BCUT2D eigenvalue weighted by Gasteiger charge is 2.46. The average molecular weight is 792 g/mol. The average Bonchev–Trinajstić information content (AvgIpc) is 3.45. The molecule has 1 fully saturated rings. The molecule has 15 heteroatoms. The zero-order valence-electron chi connectivity index (χ0n) is 32.0. The maximum absolute atomic E-state index is 14.5. The van der Waals surface area contributed by atoms with Crippen molar-refractivity contribution in [1.29, 1.82) is 0 Å². The van der Waals surface area contributed by atoms with E-state index < -0.39 is 62.8 Å². The summed E-state index contributed by atoms with van der Waals surface area (Å²) >= 11 is 6.21. The molecule has 1 saturated heterocycles. The van der Waals surface area contributed by atoms with Gasteiger partial charge in [-0.2, -0.15) is 0 Å². The molecule has 294 valence electrons. The van der Waals surface area contributed by atoms with Gasteiger partial charge in [0.15, 0.2) is 0 Å². The van der Waals surface area contributed by atoms with Crippen molar-refractivity contribution in [3.8, 4) is 0 Å². The number of carbonyl (C=O) groups is 5. The van der Waals surface area contributed by atoms with Crippen molar-refractivity contribution in [3.63, 3.8) is 0 Å². The number of amides is 4. The van der Waals surface area contributed by atoms with Crippen LogP contribution in [0.3, 0.4) is 0 Å². The fourth-order valence-corrected chi connectivity index (χ4v) is 13.3. The Bertz CT molecular complexity index is 1870. The number of hydrogen-bond donors (Lipinski definition) is 3. The first-order valence-electron chi connectivity index (χ1n) is 18.5. The molecule has 0 aliphatic carbocycles. The SMILES string of the molecule is CC(C)[Si](OCC(=O)N1C[C@H](NC(=O)c2ccc(N)c(Cl)c2)C(=O)N(CC(=O)N[C@H]2CC(=O)OC2OCc2ccccc2)c2ccccc21)(C(C)C)C(C)C. The second kappa shape index (κ2) is 17.8. The van der Waals surface area contributed by atoms with Gasteiger partial charge in [-0.05, 0) is 52.5 Å². The predicted molar refractivity (Wildman–Crippen MR) is 213 cm³/mol. The molecule has 0 bridgehead atoms. The Morgan fingerprint density at radius 1 is 0.909 bits per heavy atom. The molecule has 0 aromatic heterocycles. The molecule has 3 aromatic carbocycles. The first-order chi connectivity index (χ1) is 26.1. The minimum Gasteiger partial charge on any atom is -0.433 e. The lowest BCUT2D eigenvalue weighted by Gasteiger charge is -2.42. The molecule has 3 atom stereocenters. The van der Waals surface area contributed by atoms with Crippen molar-refractivity contribution in [1.82, 2.24) is 10.6 Å². The molecule has 0 spiro atoms. The van der Waals surface area contributed by atoms with Gasteiger partial charge in [-0.15, -0.1) is 0 Å². The highest BCUT2D eigenvalue weighted by molar-refractivity contribution is 6.77. The van der Waals surface area contributed by atoms with Crippen molar-refractivity contribution >= 4 is 66.6 Å². The summed E-state index contributed by atoms with van der Waals surface area (Å²) in [6, 6.07) is 18.3. The summed E-state index contributed by atoms with van der Waals surface area (Å²) in [4.78, 5) is 71.2. The number of fused-ring (bicyclic) bond motifs is 1. The number of esters is 1. The fraction of sp³-hybridized carbons (Fsp3) is 0.425. The number of hydrogen-bond acceptors (Lipinski definition) is 9. The van der Waals surface area contributed by atoms with Crippen LogP contribution < -0.4 is 26.2 Å². The number of para-hydroxylation sites is 2. The number of ether oxygens (including phenoxy) is 2. The van der Waals surface area contributed by atoms with Crippen molar-refractivity contribution in [2.45, 2.75) is 89.6 Å². The van der Waals surface area contributed by atoms with Gasteiger partial charge >= 0.3 is 5.97 Å². The van der Waals surface area contributed by atoms with E-state index in [0.29, 0.717) is 5.69 Å². The number of carbonyl (C=O) groups excluding carboxylic acids is 5. The first-order valence-corrected chi connectivity index (χ1v) is 21.0. The van der Waals surface area contributed by atoms with Crippen molar-refractivity contribution in [2.75, 3.05) is 35.2 Å². The third kappa shape index (κ3) is 9.38. The summed E-state index contributed by atoms with van der Waals surface area (Å²) < 4.78 is 17.9.